The molecular formula is C47H52N8O5. The maximum absolute atomic E-state index is 14.4. The molecule has 9 rings (SSSR count). The Morgan fingerprint density at radius 2 is 1.42 bits per heavy atom. The highest BCUT2D eigenvalue weighted by Gasteiger charge is 2.40. The fraction of sp³-hybridized carbons (Fsp3) is 0.383. The SMILES string of the molecule is COC(=O)NC(C(=O)N1CCCC1c1ncc(-c2ccc3cc(-c4ccc5nc(C6CCCN6C(=O)C(c6ccccc6)N6CCOCC6)[nH]c5c4)ccc3c2)[nH]1)C(C)C. The van der Waals surface area contributed by atoms with Crippen molar-refractivity contribution in [2.24, 2.45) is 5.92 Å². The van der Waals surface area contributed by atoms with E-state index in [2.05, 4.69) is 86.9 Å². The van der Waals surface area contributed by atoms with Gasteiger partial charge in [-0.05, 0) is 83.3 Å². The van der Waals surface area contributed by atoms with Gasteiger partial charge in [0.05, 0.1) is 55.3 Å². The Balaban J connectivity index is 0.916. The van der Waals surface area contributed by atoms with Crippen LogP contribution in [0.15, 0.2) is 91.1 Å². The van der Waals surface area contributed by atoms with E-state index in [-0.39, 0.29) is 35.9 Å². The Morgan fingerprint density at radius 3 is 2.13 bits per heavy atom. The van der Waals surface area contributed by atoms with E-state index in [1.807, 2.05) is 48.0 Å². The predicted octanol–water partition coefficient (Wildman–Crippen LogP) is 7.55. The van der Waals surface area contributed by atoms with Crippen LogP contribution in [-0.4, -0.2) is 105 Å². The monoisotopic (exact) mass is 808 g/mol. The van der Waals surface area contributed by atoms with Gasteiger partial charge in [0.1, 0.15) is 23.7 Å². The van der Waals surface area contributed by atoms with E-state index >= 15 is 0 Å². The van der Waals surface area contributed by atoms with E-state index in [1.54, 1.807) is 0 Å². The fourth-order valence-electron chi connectivity index (χ4n) is 9.26. The number of nitrogens with one attached hydrogen (secondary N) is 3. The van der Waals surface area contributed by atoms with Crippen molar-refractivity contribution in [2.45, 2.75) is 63.7 Å². The first-order chi connectivity index (χ1) is 29.2. The predicted molar refractivity (Wildman–Crippen MR) is 230 cm³/mol. The van der Waals surface area contributed by atoms with E-state index < -0.39 is 12.1 Å². The number of methoxy groups -OCH3 is 1. The number of hydrogen-bond donors (Lipinski definition) is 3. The first-order valence-corrected chi connectivity index (χ1v) is 21.2. The molecule has 5 heterocycles. The quantitative estimate of drug-likeness (QED) is 0.129. The molecule has 0 radical (unpaired) electrons. The average Bonchev–Trinajstić information content (AvgIpc) is 4.12. The number of benzene rings is 4. The van der Waals surface area contributed by atoms with Crippen molar-refractivity contribution >= 4 is 39.7 Å². The van der Waals surface area contributed by atoms with E-state index in [1.165, 1.54) is 7.11 Å². The van der Waals surface area contributed by atoms with E-state index in [0.717, 1.165) is 100 Å². The second kappa shape index (κ2) is 16.9. The van der Waals surface area contributed by atoms with Crippen LogP contribution < -0.4 is 5.32 Å². The summed E-state index contributed by atoms with van der Waals surface area (Å²) in [7, 11) is 1.30. The minimum absolute atomic E-state index is 0.101. The van der Waals surface area contributed by atoms with Gasteiger partial charge in [-0.1, -0.05) is 74.5 Å². The maximum Gasteiger partial charge on any atom is 0.407 e. The summed E-state index contributed by atoms with van der Waals surface area (Å²) in [4.78, 5) is 63.1. The molecule has 3 fully saturated rings. The van der Waals surface area contributed by atoms with Gasteiger partial charge in [0.2, 0.25) is 11.8 Å². The number of imidazole rings is 2. The Hall–Kier alpha value is -6.05. The third-order valence-corrected chi connectivity index (χ3v) is 12.4. The van der Waals surface area contributed by atoms with Crippen LogP contribution >= 0.6 is 0 Å². The molecule has 60 heavy (non-hydrogen) atoms. The maximum atomic E-state index is 14.4. The Labute approximate surface area is 349 Å². The Kier molecular flexibility index (Phi) is 11.1. The number of alkyl carbamates (subject to hydrolysis) is 1. The first kappa shape index (κ1) is 39.4. The summed E-state index contributed by atoms with van der Waals surface area (Å²) >= 11 is 0. The number of hydrogen-bond acceptors (Lipinski definition) is 8. The number of likely N-dealkylation sites (tertiary alicyclic amines) is 2. The van der Waals surface area contributed by atoms with Gasteiger partial charge in [-0.15, -0.1) is 0 Å². The van der Waals surface area contributed by atoms with Gasteiger partial charge < -0.3 is 34.6 Å². The molecule has 4 atom stereocenters. The molecule has 13 heteroatoms. The van der Waals surface area contributed by atoms with Crippen LogP contribution in [0.4, 0.5) is 4.79 Å². The molecule has 3 amide bonds. The van der Waals surface area contributed by atoms with Crippen molar-refractivity contribution in [3.63, 3.8) is 0 Å². The smallest absolute Gasteiger partial charge is 0.407 e. The molecule has 3 aliphatic rings. The second-order valence-electron chi connectivity index (χ2n) is 16.5. The van der Waals surface area contributed by atoms with E-state index in [0.29, 0.717) is 26.3 Å². The molecule has 4 aromatic carbocycles. The lowest BCUT2D eigenvalue weighted by molar-refractivity contribution is -0.140. The van der Waals surface area contributed by atoms with Crippen molar-refractivity contribution in [1.29, 1.82) is 0 Å². The van der Waals surface area contributed by atoms with E-state index in [9.17, 15) is 14.4 Å². The number of aromatic nitrogens is 4. The van der Waals surface area contributed by atoms with Gasteiger partial charge in [0.25, 0.3) is 0 Å². The van der Waals surface area contributed by atoms with Gasteiger partial charge in [0, 0.05) is 31.7 Å². The highest BCUT2D eigenvalue weighted by Crippen LogP contribution is 2.37. The van der Waals surface area contributed by atoms with Crippen molar-refractivity contribution in [3.8, 4) is 22.4 Å². The number of amides is 3. The number of ether oxygens (including phenoxy) is 2. The zero-order chi connectivity index (χ0) is 41.3. The highest BCUT2D eigenvalue weighted by atomic mass is 16.5. The Morgan fingerprint density at radius 1 is 0.767 bits per heavy atom. The minimum Gasteiger partial charge on any atom is -0.453 e. The summed E-state index contributed by atoms with van der Waals surface area (Å²) in [6, 6.07) is 28.0. The van der Waals surface area contributed by atoms with Gasteiger partial charge in [0.15, 0.2) is 0 Å². The van der Waals surface area contributed by atoms with Crippen LogP contribution in [0, 0.1) is 5.92 Å². The summed E-state index contributed by atoms with van der Waals surface area (Å²) in [5.41, 5.74) is 6.90. The highest BCUT2D eigenvalue weighted by molar-refractivity contribution is 5.92. The summed E-state index contributed by atoms with van der Waals surface area (Å²) in [5, 5.41) is 4.92. The molecule has 6 aromatic rings. The lowest BCUT2D eigenvalue weighted by Gasteiger charge is -2.37. The zero-order valence-corrected chi connectivity index (χ0v) is 34.4. The summed E-state index contributed by atoms with van der Waals surface area (Å²) in [6.07, 6.45) is 4.65. The first-order valence-electron chi connectivity index (χ1n) is 21.2. The molecule has 13 nitrogen and oxygen atoms in total. The van der Waals surface area contributed by atoms with Gasteiger partial charge >= 0.3 is 6.09 Å². The molecule has 0 aliphatic carbocycles. The van der Waals surface area contributed by atoms with Crippen LogP contribution in [-0.2, 0) is 19.1 Å². The van der Waals surface area contributed by atoms with Crippen LogP contribution in [0.5, 0.6) is 0 Å². The van der Waals surface area contributed by atoms with Gasteiger partial charge in [-0.2, -0.15) is 0 Å². The summed E-state index contributed by atoms with van der Waals surface area (Å²) in [6.45, 7) is 7.83. The Bertz CT molecular complexity index is 2510. The van der Waals surface area contributed by atoms with E-state index in [4.69, 9.17) is 19.4 Å². The number of aromatic amines is 2. The molecule has 3 aliphatic heterocycles. The molecule has 3 saturated heterocycles. The lowest BCUT2D eigenvalue weighted by Crippen LogP contribution is -2.51. The van der Waals surface area contributed by atoms with Crippen molar-refractivity contribution in [2.75, 3.05) is 46.5 Å². The van der Waals surface area contributed by atoms with Crippen LogP contribution in [0.1, 0.15) is 74.9 Å². The number of morpholine rings is 1. The van der Waals surface area contributed by atoms with Crippen LogP contribution in [0.25, 0.3) is 44.2 Å². The molecule has 0 spiro atoms. The third kappa shape index (κ3) is 7.75. The zero-order valence-electron chi connectivity index (χ0n) is 34.4. The number of nitrogens with zero attached hydrogens (tertiary/aromatic N) is 5. The van der Waals surface area contributed by atoms with Crippen LogP contribution in [0.2, 0.25) is 0 Å². The normalized spacial score (nSPS) is 19.6. The minimum atomic E-state index is -0.684. The molecule has 310 valence electrons. The standard InChI is InChI=1S/C47H52N8O5/c1-29(2)41(52-47(58)59-3)45(56)54-19-7-11-39(54)43-48-28-38(51-43)35-16-15-31-25-32(13-14-33(31)26-35)34-17-18-36-37(27-34)50-44(49-36)40-12-8-20-55(40)46(57)42(30-9-5-4-6-10-30)53-21-23-60-24-22-53/h4-6,9-10,13-18,25-29,39-42H,7-8,11-12,19-24H2,1-3H3,(H,48,51)(H,49,50)(H,52,58). The fourth-order valence-corrected chi connectivity index (χ4v) is 9.26. The lowest BCUT2D eigenvalue weighted by atomic mass is 9.99. The van der Waals surface area contributed by atoms with Gasteiger partial charge in [-0.25, -0.2) is 14.8 Å². The number of fused-ring (bicyclic) bond motifs is 2. The summed E-state index contributed by atoms with van der Waals surface area (Å²) in [5.74, 6) is 1.46. The van der Waals surface area contributed by atoms with Crippen molar-refractivity contribution in [3.05, 3.63) is 108 Å². The third-order valence-electron chi connectivity index (χ3n) is 12.4. The summed E-state index contributed by atoms with van der Waals surface area (Å²) < 4.78 is 10.4. The largest absolute Gasteiger partial charge is 0.453 e. The number of carbonyl (C=O) groups excluding carboxylic acids is 3. The number of H-pyrrole nitrogens is 2. The van der Waals surface area contributed by atoms with Gasteiger partial charge in [-0.3, -0.25) is 14.5 Å². The molecule has 0 bridgehead atoms. The molecule has 4 unspecified atom stereocenters. The van der Waals surface area contributed by atoms with Crippen molar-refractivity contribution in [1.82, 2.24) is 40.0 Å². The molecule has 3 N–H and O–H groups in total. The molecular weight excluding hydrogens is 757 g/mol. The van der Waals surface area contributed by atoms with Crippen molar-refractivity contribution < 1.29 is 23.9 Å². The second-order valence-corrected chi connectivity index (χ2v) is 16.5. The number of rotatable bonds is 10. The topological polar surface area (TPSA) is 149 Å². The molecule has 2 aromatic heterocycles. The molecule has 0 saturated carbocycles. The van der Waals surface area contributed by atoms with Crippen LogP contribution in [0.3, 0.4) is 0 Å². The number of carbonyl (C=O) groups is 3. The average molecular weight is 809 g/mol.